The summed E-state index contributed by atoms with van der Waals surface area (Å²) in [6.07, 6.45) is 1.75. The first-order chi connectivity index (χ1) is 13.3. The number of ether oxygens (including phenoxy) is 2. The molecular formula is C18H21Cl2N3O5. The lowest BCUT2D eigenvalue weighted by Crippen LogP contribution is -2.84. The largest absolute Gasteiger partial charge is 0.484 e. The van der Waals surface area contributed by atoms with Crippen LogP contribution < -0.4 is 20.9 Å². The summed E-state index contributed by atoms with van der Waals surface area (Å²) in [4.78, 5) is 29.7. The van der Waals surface area contributed by atoms with Crippen molar-refractivity contribution in [3.63, 3.8) is 0 Å². The smallest absolute Gasteiger partial charge is 0.258 e. The number of carbonyl (C=O) groups is 2. The molecule has 0 radical (unpaired) electrons. The number of methoxy groups -OCH3 is 1. The van der Waals surface area contributed by atoms with Crippen LogP contribution in [0.25, 0.3) is 0 Å². The summed E-state index contributed by atoms with van der Waals surface area (Å²) in [5.74, 6) is 0.108. The van der Waals surface area contributed by atoms with E-state index in [9.17, 15) is 9.59 Å². The van der Waals surface area contributed by atoms with Gasteiger partial charge in [0.25, 0.3) is 11.8 Å². The quantitative estimate of drug-likeness (QED) is 0.608. The molecule has 5 rings (SSSR count). The number of carbonyl (C=O) groups excluding carboxylic acids is 2. The van der Waals surface area contributed by atoms with E-state index in [1.54, 1.807) is 25.3 Å². The third-order valence-electron chi connectivity index (χ3n) is 5.43. The van der Waals surface area contributed by atoms with Gasteiger partial charge in [-0.2, -0.15) is 5.48 Å². The molecule has 0 aromatic heterocycles. The van der Waals surface area contributed by atoms with Crippen LogP contribution in [-0.2, 0) is 19.2 Å². The Morgan fingerprint density at radius 2 is 1.93 bits per heavy atom. The van der Waals surface area contributed by atoms with Crippen molar-refractivity contribution in [1.82, 2.24) is 16.1 Å². The summed E-state index contributed by atoms with van der Waals surface area (Å²) >= 11 is 11.8. The zero-order valence-corrected chi connectivity index (χ0v) is 16.7. The Kier molecular flexibility index (Phi) is 5.18. The maximum Gasteiger partial charge on any atom is 0.258 e. The van der Waals surface area contributed by atoms with Crippen LogP contribution in [-0.4, -0.2) is 48.9 Å². The second kappa shape index (κ2) is 7.35. The normalized spacial score (nSPS) is 32.8. The number of benzene rings is 1. The van der Waals surface area contributed by atoms with Crippen LogP contribution in [0, 0.1) is 0 Å². The molecule has 3 aliphatic carbocycles. The molecule has 2 amide bonds. The maximum atomic E-state index is 12.3. The minimum absolute atomic E-state index is 0.112. The second-order valence-corrected chi connectivity index (χ2v) is 8.49. The number of amides is 2. The molecule has 4 aliphatic rings. The number of hydrogen-bond acceptors (Lipinski definition) is 6. The molecule has 1 aromatic carbocycles. The third kappa shape index (κ3) is 3.79. The Hall–Kier alpha value is -1.58. The molecule has 3 N–H and O–H groups in total. The van der Waals surface area contributed by atoms with Gasteiger partial charge in [-0.15, -0.1) is 0 Å². The van der Waals surface area contributed by atoms with Gasteiger partial charge in [-0.25, -0.2) is 0 Å². The number of halogens is 2. The van der Waals surface area contributed by atoms with Crippen LogP contribution in [0.5, 0.6) is 5.75 Å². The summed E-state index contributed by atoms with van der Waals surface area (Å²) in [5, 5.41) is 6.84. The highest BCUT2D eigenvalue weighted by molar-refractivity contribution is 6.42. The lowest BCUT2D eigenvalue weighted by Gasteiger charge is -2.70. The van der Waals surface area contributed by atoms with Crippen molar-refractivity contribution < 1.29 is 23.9 Å². The molecular weight excluding hydrogens is 409 g/mol. The van der Waals surface area contributed by atoms with Crippen LogP contribution in [0.15, 0.2) is 18.2 Å². The highest BCUT2D eigenvalue weighted by atomic mass is 35.5. The van der Waals surface area contributed by atoms with Crippen molar-refractivity contribution in [1.29, 1.82) is 0 Å². The van der Waals surface area contributed by atoms with E-state index in [1.807, 2.05) is 0 Å². The van der Waals surface area contributed by atoms with Gasteiger partial charge >= 0.3 is 0 Å². The number of rotatable bonds is 7. The first-order valence-corrected chi connectivity index (χ1v) is 9.73. The van der Waals surface area contributed by atoms with E-state index in [1.165, 1.54) is 0 Å². The number of hydrogen-bond donors (Lipinski definition) is 3. The molecule has 1 saturated heterocycles. The SMILES string of the molecule is COC1CC(C(=O)NC23CC(NC(=O)COc4ccc(Cl)c(Cl)c4)(C2)C3)ON1. The van der Waals surface area contributed by atoms with Crippen molar-refractivity contribution in [2.45, 2.75) is 49.1 Å². The zero-order valence-electron chi connectivity index (χ0n) is 15.2. The van der Waals surface area contributed by atoms with E-state index in [0.29, 0.717) is 41.5 Å². The molecule has 2 atom stereocenters. The van der Waals surface area contributed by atoms with Gasteiger partial charge in [0, 0.05) is 30.7 Å². The van der Waals surface area contributed by atoms with Crippen LogP contribution in [0.4, 0.5) is 0 Å². The molecule has 3 saturated carbocycles. The van der Waals surface area contributed by atoms with E-state index in [-0.39, 0.29) is 35.7 Å². The Morgan fingerprint density at radius 3 is 2.57 bits per heavy atom. The fourth-order valence-electron chi connectivity index (χ4n) is 4.20. The Morgan fingerprint density at radius 1 is 1.21 bits per heavy atom. The van der Waals surface area contributed by atoms with Crippen molar-refractivity contribution in [2.75, 3.05) is 13.7 Å². The van der Waals surface area contributed by atoms with Crippen molar-refractivity contribution in [3.8, 4) is 5.75 Å². The topological polar surface area (TPSA) is 97.9 Å². The van der Waals surface area contributed by atoms with Gasteiger partial charge in [0.2, 0.25) is 0 Å². The van der Waals surface area contributed by atoms with E-state index in [2.05, 4.69) is 16.1 Å². The van der Waals surface area contributed by atoms with Gasteiger partial charge in [0.15, 0.2) is 12.7 Å². The molecule has 28 heavy (non-hydrogen) atoms. The summed E-state index contributed by atoms with van der Waals surface area (Å²) in [5.41, 5.74) is 2.17. The molecule has 152 valence electrons. The minimum atomic E-state index is -0.566. The molecule has 1 aromatic rings. The fraction of sp³-hybridized carbons (Fsp3) is 0.556. The summed E-state index contributed by atoms with van der Waals surface area (Å²) in [7, 11) is 1.56. The summed E-state index contributed by atoms with van der Waals surface area (Å²) < 4.78 is 10.6. The molecule has 8 nitrogen and oxygen atoms in total. The second-order valence-electron chi connectivity index (χ2n) is 7.68. The highest BCUT2D eigenvalue weighted by Crippen LogP contribution is 2.60. The monoisotopic (exact) mass is 429 g/mol. The van der Waals surface area contributed by atoms with Crippen molar-refractivity contribution in [3.05, 3.63) is 28.2 Å². The Bertz CT molecular complexity index is 786. The molecule has 10 heteroatoms. The van der Waals surface area contributed by atoms with Gasteiger partial charge in [0.05, 0.1) is 10.0 Å². The zero-order chi connectivity index (χ0) is 19.9. The summed E-state index contributed by atoms with van der Waals surface area (Å²) in [6, 6.07) is 4.83. The molecule has 1 heterocycles. The molecule has 4 fully saturated rings. The first-order valence-electron chi connectivity index (χ1n) is 8.97. The van der Waals surface area contributed by atoms with Gasteiger partial charge in [-0.3, -0.25) is 14.4 Å². The molecule has 1 aliphatic heterocycles. The summed E-state index contributed by atoms with van der Waals surface area (Å²) in [6.45, 7) is -0.112. The standard InChI is InChI=1S/C18H21Cl2N3O5/c1-26-15-5-13(28-23-15)16(25)22-18-7-17(8-18,9-18)21-14(24)6-27-10-2-3-11(19)12(20)4-10/h2-4,13,15,23H,5-9H2,1H3,(H,21,24)(H,22,25). The van der Waals surface area contributed by atoms with Crippen LogP contribution in [0.2, 0.25) is 10.0 Å². The van der Waals surface area contributed by atoms with Gasteiger partial charge < -0.3 is 20.1 Å². The number of nitrogens with one attached hydrogen (secondary N) is 3. The van der Waals surface area contributed by atoms with Crippen molar-refractivity contribution in [2.24, 2.45) is 0 Å². The van der Waals surface area contributed by atoms with E-state index < -0.39 is 6.10 Å². The van der Waals surface area contributed by atoms with Gasteiger partial charge in [-0.05, 0) is 31.4 Å². The predicted molar refractivity (Wildman–Crippen MR) is 101 cm³/mol. The third-order valence-corrected chi connectivity index (χ3v) is 6.17. The fourth-order valence-corrected chi connectivity index (χ4v) is 4.48. The Balaban J connectivity index is 1.19. The lowest BCUT2D eigenvalue weighted by atomic mass is 9.44. The van der Waals surface area contributed by atoms with Crippen molar-refractivity contribution >= 4 is 35.0 Å². The maximum absolute atomic E-state index is 12.3. The van der Waals surface area contributed by atoms with Crippen LogP contribution >= 0.6 is 23.2 Å². The Labute approximate surface area is 172 Å². The lowest BCUT2D eigenvalue weighted by molar-refractivity contribution is -0.156. The van der Waals surface area contributed by atoms with Crippen LogP contribution in [0.1, 0.15) is 25.7 Å². The predicted octanol–water partition coefficient (Wildman–Crippen LogP) is 1.55. The molecule has 0 spiro atoms. The van der Waals surface area contributed by atoms with E-state index >= 15 is 0 Å². The van der Waals surface area contributed by atoms with E-state index in [4.69, 9.17) is 37.5 Å². The average molecular weight is 430 g/mol. The average Bonchev–Trinajstić information content (AvgIpc) is 3.09. The highest BCUT2D eigenvalue weighted by Gasteiger charge is 2.69. The van der Waals surface area contributed by atoms with Gasteiger partial charge in [0.1, 0.15) is 12.0 Å². The molecule has 2 unspecified atom stereocenters. The minimum Gasteiger partial charge on any atom is -0.484 e. The van der Waals surface area contributed by atoms with Crippen LogP contribution in [0.3, 0.4) is 0 Å². The van der Waals surface area contributed by atoms with E-state index in [0.717, 1.165) is 0 Å². The first kappa shape index (κ1) is 19.7. The van der Waals surface area contributed by atoms with Gasteiger partial charge in [-0.1, -0.05) is 23.2 Å². The number of hydroxylamine groups is 1. The molecule has 2 bridgehead atoms.